The average Bonchev–Trinajstić information content (AvgIpc) is 2.93. The number of piperidine rings is 1. The van der Waals surface area contributed by atoms with Crippen LogP contribution in [0.15, 0.2) is 4.42 Å². The first-order valence-electron chi connectivity index (χ1n) is 7.79. The van der Waals surface area contributed by atoms with Crippen molar-refractivity contribution in [3.8, 4) is 0 Å². The predicted octanol–water partition coefficient (Wildman–Crippen LogP) is 1.67. The van der Waals surface area contributed by atoms with E-state index < -0.39 is 0 Å². The molecule has 0 radical (unpaired) electrons. The molecule has 2 aliphatic rings. The molecule has 0 atom stereocenters. The molecular formula is C15H26N4O2. The Kier molecular flexibility index (Phi) is 3.69. The molecule has 3 rings (SSSR count). The summed E-state index contributed by atoms with van der Waals surface area (Å²) in [5.74, 6) is 0.696. The summed E-state index contributed by atoms with van der Waals surface area (Å²) in [7, 11) is 2.17. The fourth-order valence-corrected chi connectivity index (χ4v) is 2.98. The van der Waals surface area contributed by atoms with E-state index in [1.54, 1.807) is 0 Å². The van der Waals surface area contributed by atoms with Gasteiger partial charge < -0.3 is 19.0 Å². The van der Waals surface area contributed by atoms with E-state index in [-0.39, 0.29) is 11.0 Å². The van der Waals surface area contributed by atoms with Crippen LogP contribution in [0.4, 0.5) is 6.01 Å². The van der Waals surface area contributed by atoms with Gasteiger partial charge in [0.2, 0.25) is 5.89 Å². The van der Waals surface area contributed by atoms with E-state index >= 15 is 0 Å². The quantitative estimate of drug-likeness (QED) is 0.785. The summed E-state index contributed by atoms with van der Waals surface area (Å²) in [6.07, 6.45) is 2.14. The van der Waals surface area contributed by atoms with Gasteiger partial charge in [0.15, 0.2) is 0 Å². The van der Waals surface area contributed by atoms with Crippen LogP contribution in [0, 0.1) is 0 Å². The van der Waals surface area contributed by atoms with E-state index in [1.165, 1.54) is 0 Å². The molecule has 0 aromatic carbocycles. The number of nitrogens with zero attached hydrogens (tertiary/aromatic N) is 4. The second-order valence-electron chi connectivity index (χ2n) is 7.40. The van der Waals surface area contributed by atoms with Crippen LogP contribution >= 0.6 is 0 Å². The van der Waals surface area contributed by atoms with Gasteiger partial charge in [-0.2, -0.15) is 0 Å². The highest BCUT2D eigenvalue weighted by Gasteiger charge is 2.40. The maximum atomic E-state index is 6.12. The van der Waals surface area contributed by atoms with Gasteiger partial charge in [-0.15, -0.1) is 5.10 Å². The van der Waals surface area contributed by atoms with E-state index in [1.807, 2.05) is 0 Å². The second kappa shape index (κ2) is 5.25. The summed E-state index contributed by atoms with van der Waals surface area (Å²) >= 11 is 0. The summed E-state index contributed by atoms with van der Waals surface area (Å²) in [5.41, 5.74) is -0.149. The number of ether oxygens (including phenoxy) is 1. The van der Waals surface area contributed by atoms with Gasteiger partial charge in [0.25, 0.3) is 0 Å². The maximum Gasteiger partial charge on any atom is 0.318 e. The minimum absolute atomic E-state index is 0.0405. The average molecular weight is 294 g/mol. The molecule has 6 nitrogen and oxygen atoms in total. The Labute approximate surface area is 126 Å². The largest absolute Gasteiger partial charge is 0.407 e. The number of morpholine rings is 1. The highest BCUT2D eigenvalue weighted by atomic mass is 16.5. The number of likely N-dealkylation sites (tertiary alicyclic amines) is 1. The van der Waals surface area contributed by atoms with Crippen LogP contribution in [0.25, 0.3) is 0 Å². The van der Waals surface area contributed by atoms with Crippen molar-refractivity contribution in [3.63, 3.8) is 0 Å². The lowest BCUT2D eigenvalue weighted by Gasteiger charge is -2.46. The van der Waals surface area contributed by atoms with Crippen molar-refractivity contribution in [2.45, 2.75) is 44.6 Å². The van der Waals surface area contributed by atoms with Crippen molar-refractivity contribution in [1.82, 2.24) is 15.1 Å². The lowest BCUT2D eigenvalue weighted by Crippen LogP contribution is -2.56. The van der Waals surface area contributed by atoms with E-state index in [0.29, 0.717) is 11.9 Å². The molecule has 2 aliphatic heterocycles. The molecule has 1 spiro atoms. The van der Waals surface area contributed by atoms with Gasteiger partial charge in [-0.05, 0) is 19.9 Å². The van der Waals surface area contributed by atoms with Crippen LogP contribution in [0.3, 0.4) is 0 Å². The smallest absolute Gasteiger partial charge is 0.318 e. The van der Waals surface area contributed by atoms with Gasteiger partial charge in [0, 0.05) is 25.0 Å². The van der Waals surface area contributed by atoms with Crippen molar-refractivity contribution < 1.29 is 9.15 Å². The Balaban J connectivity index is 1.73. The van der Waals surface area contributed by atoms with Crippen molar-refractivity contribution in [1.29, 1.82) is 0 Å². The van der Waals surface area contributed by atoms with E-state index in [9.17, 15) is 0 Å². The van der Waals surface area contributed by atoms with Gasteiger partial charge in [-0.25, -0.2) is 0 Å². The first-order valence-corrected chi connectivity index (χ1v) is 7.79. The van der Waals surface area contributed by atoms with Crippen molar-refractivity contribution >= 4 is 6.01 Å². The van der Waals surface area contributed by atoms with E-state index in [0.717, 1.165) is 45.6 Å². The zero-order valence-electron chi connectivity index (χ0n) is 13.6. The zero-order valence-corrected chi connectivity index (χ0v) is 13.6. The molecule has 2 fully saturated rings. The fourth-order valence-electron chi connectivity index (χ4n) is 2.98. The molecule has 6 heteroatoms. The Morgan fingerprint density at radius 1 is 1.10 bits per heavy atom. The van der Waals surface area contributed by atoms with Crippen LogP contribution in [-0.4, -0.2) is 60.5 Å². The summed E-state index contributed by atoms with van der Waals surface area (Å²) < 4.78 is 12.0. The zero-order chi connectivity index (χ0) is 15.1. The summed E-state index contributed by atoms with van der Waals surface area (Å²) in [4.78, 5) is 4.55. The van der Waals surface area contributed by atoms with E-state index in [2.05, 4.69) is 47.8 Å². The standard InChI is InChI=1S/C15H26N4O2/c1-14(2,3)12-16-17-13(21-12)19-9-10-20-15(11-19)5-7-18(4)8-6-15/h5-11H2,1-4H3. The molecule has 0 unspecified atom stereocenters. The normalized spacial score (nSPS) is 23.7. The molecule has 118 valence electrons. The monoisotopic (exact) mass is 294 g/mol. The Hall–Kier alpha value is -1.14. The Bertz CT molecular complexity index is 486. The SMILES string of the molecule is CN1CCC2(CC1)CN(c1nnc(C(C)(C)C)o1)CCO2. The number of rotatable bonds is 1. The van der Waals surface area contributed by atoms with Crippen LogP contribution in [0.2, 0.25) is 0 Å². The molecule has 1 aromatic heterocycles. The van der Waals surface area contributed by atoms with Gasteiger partial charge in [0.05, 0.1) is 18.8 Å². The Morgan fingerprint density at radius 2 is 1.81 bits per heavy atom. The summed E-state index contributed by atoms with van der Waals surface area (Å²) in [5, 5.41) is 8.44. The lowest BCUT2D eigenvalue weighted by molar-refractivity contribution is -0.0892. The third-order valence-corrected chi connectivity index (χ3v) is 4.47. The molecule has 1 aromatic rings. The molecule has 0 amide bonds. The van der Waals surface area contributed by atoms with Gasteiger partial charge in [0.1, 0.15) is 0 Å². The highest BCUT2D eigenvalue weighted by Crippen LogP contribution is 2.32. The third-order valence-electron chi connectivity index (χ3n) is 4.47. The molecular weight excluding hydrogens is 268 g/mol. The Morgan fingerprint density at radius 3 is 2.43 bits per heavy atom. The summed E-state index contributed by atoms with van der Waals surface area (Å²) in [6.45, 7) is 10.8. The second-order valence-corrected chi connectivity index (χ2v) is 7.40. The predicted molar refractivity (Wildman–Crippen MR) is 80.6 cm³/mol. The first kappa shape index (κ1) is 14.8. The number of aromatic nitrogens is 2. The first-order chi connectivity index (χ1) is 9.88. The molecule has 0 aliphatic carbocycles. The molecule has 0 bridgehead atoms. The molecule has 3 heterocycles. The van der Waals surface area contributed by atoms with Gasteiger partial charge in [-0.3, -0.25) is 0 Å². The van der Waals surface area contributed by atoms with Gasteiger partial charge in [-0.1, -0.05) is 25.9 Å². The van der Waals surface area contributed by atoms with Crippen LogP contribution in [0.5, 0.6) is 0 Å². The minimum atomic E-state index is -0.108. The lowest BCUT2D eigenvalue weighted by atomic mass is 9.89. The number of anilines is 1. The van der Waals surface area contributed by atoms with Crippen LogP contribution < -0.4 is 4.90 Å². The van der Waals surface area contributed by atoms with Crippen molar-refractivity contribution in [3.05, 3.63) is 5.89 Å². The maximum absolute atomic E-state index is 6.12. The highest BCUT2D eigenvalue weighted by molar-refractivity contribution is 5.27. The molecule has 2 saturated heterocycles. The fraction of sp³-hybridized carbons (Fsp3) is 0.867. The van der Waals surface area contributed by atoms with Crippen molar-refractivity contribution in [2.24, 2.45) is 0 Å². The minimum Gasteiger partial charge on any atom is -0.407 e. The molecule has 21 heavy (non-hydrogen) atoms. The molecule has 0 N–H and O–H groups in total. The van der Waals surface area contributed by atoms with Crippen LogP contribution in [0.1, 0.15) is 39.5 Å². The van der Waals surface area contributed by atoms with Gasteiger partial charge >= 0.3 is 6.01 Å². The number of hydrogen-bond acceptors (Lipinski definition) is 6. The van der Waals surface area contributed by atoms with Crippen molar-refractivity contribution in [2.75, 3.05) is 44.7 Å². The van der Waals surface area contributed by atoms with Crippen LogP contribution in [-0.2, 0) is 10.2 Å². The molecule has 0 saturated carbocycles. The van der Waals surface area contributed by atoms with E-state index in [4.69, 9.17) is 9.15 Å². The third kappa shape index (κ3) is 3.06. The topological polar surface area (TPSA) is 54.6 Å². The number of hydrogen-bond donors (Lipinski definition) is 0. The summed E-state index contributed by atoms with van der Waals surface area (Å²) in [6, 6.07) is 0.640.